The van der Waals surface area contributed by atoms with Crippen molar-refractivity contribution in [2.45, 2.75) is 71.6 Å². The number of rotatable bonds is 15. The molecule has 0 spiro atoms. The molecule has 0 aromatic heterocycles. The van der Waals surface area contributed by atoms with E-state index in [2.05, 4.69) is 18.6 Å². The van der Waals surface area contributed by atoms with Crippen LogP contribution in [0, 0.1) is 0 Å². The first-order chi connectivity index (χ1) is 15.8. The molecule has 0 radical (unpaired) electrons. The number of aryl methyl sites for hydroxylation is 1. The topological polar surface area (TPSA) is 101 Å². The van der Waals surface area contributed by atoms with Crippen molar-refractivity contribution in [3.05, 3.63) is 64.7 Å². The monoisotopic (exact) mass is 473 g/mol. The summed E-state index contributed by atoms with van der Waals surface area (Å²) >= 11 is 0. The average molecular weight is 474 g/mol. The highest BCUT2D eigenvalue weighted by Crippen LogP contribution is 2.22. The molecule has 0 atom stereocenters. The van der Waals surface area contributed by atoms with Crippen LogP contribution in [0.1, 0.15) is 97.1 Å². The Morgan fingerprint density at radius 2 is 1.42 bits per heavy atom. The molecule has 0 heterocycles. The van der Waals surface area contributed by atoms with Gasteiger partial charge in [-0.1, -0.05) is 76.6 Å². The number of aromatic carboxylic acids is 1. The van der Waals surface area contributed by atoms with Gasteiger partial charge in [0.05, 0.1) is 17.0 Å². The standard InChI is InChI=1S/C26H35NO5S/c1-3-5-7-8-9-10-18-33(31,32)27-24-17-16-22(19-23(24)26(29)30)25(28)21-14-12-20(13-15-21)11-6-4-2/h12-17,19,27H,3-11,18H2,1-2H3,(H,29,30). The van der Waals surface area contributed by atoms with Gasteiger partial charge in [0.2, 0.25) is 10.0 Å². The molecule has 0 fully saturated rings. The molecule has 2 aromatic rings. The van der Waals surface area contributed by atoms with Gasteiger partial charge in [0.15, 0.2) is 5.78 Å². The van der Waals surface area contributed by atoms with Gasteiger partial charge in [-0.3, -0.25) is 9.52 Å². The zero-order valence-corrected chi connectivity index (χ0v) is 20.4. The van der Waals surface area contributed by atoms with Gasteiger partial charge < -0.3 is 5.11 Å². The zero-order valence-electron chi connectivity index (χ0n) is 19.6. The predicted molar refractivity (Wildman–Crippen MR) is 133 cm³/mol. The van der Waals surface area contributed by atoms with Crippen molar-refractivity contribution in [2.75, 3.05) is 10.5 Å². The summed E-state index contributed by atoms with van der Waals surface area (Å²) in [4.78, 5) is 24.6. The Morgan fingerprint density at radius 1 is 0.818 bits per heavy atom. The van der Waals surface area contributed by atoms with Crippen molar-refractivity contribution >= 4 is 27.5 Å². The van der Waals surface area contributed by atoms with Gasteiger partial charge in [-0.2, -0.15) is 0 Å². The lowest BCUT2D eigenvalue weighted by molar-refractivity contribution is 0.0698. The molecule has 0 saturated carbocycles. The van der Waals surface area contributed by atoms with Gasteiger partial charge >= 0.3 is 5.97 Å². The maximum Gasteiger partial charge on any atom is 0.337 e. The largest absolute Gasteiger partial charge is 0.478 e. The fraction of sp³-hybridized carbons (Fsp3) is 0.462. The Labute approximate surface area is 197 Å². The van der Waals surface area contributed by atoms with Gasteiger partial charge in [-0.15, -0.1) is 0 Å². The summed E-state index contributed by atoms with van der Waals surface area (Å²) in [6, 6.07) is 11.3. The number of ketones is 1. The number of anilines is 1. The van der Waals surface area contributed by atoms with Crippen LogP contribution < -0.4 is 4.72 Å². The maximum absolute atomic E-state index is 12.9. The summed E-state index contributed by atoms with van der Waals surface area (Å²) in [6.07, 6.45) is 8.79. The quantitative estimate of drug-likeness (QED) is 0.242. The fourth-order valence-corrected chi connectivity index (χ4v) is 4.81. The Balaban J connectivity index is 2.10. The van der Waals surface area contributed by atoms with Crippen molar-refractivity contribution in [3.63, 3.8) is 0 Å². The second kappa shape index (κ2) is 13.1. The lowest BCUT2D eigenvalue weighted by Gasteiger charge is -2.12. The number of sulfonamides is 1. The minimum Gasteiger partial charge on any atom is -0.478 e. The van der Waals surface area contributed by atoms with E-state index in [1.165, 1.54) is 18.2 Å². The number of hydrogen-bond donors (Lipinski definition) is 2. The first-order valence-corrected chi connectivity index (χ1v) is 13.4. The van der Waals surface area contributed by atoms with Crippen LogP contribution in [0.3, 0.4) is 0 Å². The number of nitrogens with one attached hydrogen (secondary N) is 1. The third-order valence-electron chi connectivity index (χ3n) is 5.58. The fourth-order valence-electron chi connectivity index (χ4n) is 3.61. The van der Waals surface area contributed by atoms with Gasteiger partial charge in [-0.25, -0.2) is 13.2 Å². The lowest BCUT2D eigenvalue weighted by Crippen LogP contribution is -2.19. The molecule has 0 aliphatic rings. The lowest BCUT2D eigenvalue weighted by atomic mass is 9.98. The molecule has 0 aliphatic heterocycles. The van der Waals surface area contributed by atoms with Gasteiger partial charge in [0, 0.05) is 11.1 Å². The molecule has 0 bridgehead atoms. The van der Waals surface area contributed by atoms with Gasteiger partial charge in [-0.05, 0) is 43.0 Å². The van der Waals surface area contributed by atoms with E-state index in [1.807, 2.05) is 12.1 Å². The molecule has 180 valence electrons. The number of carboxylic acids is 1. The maximum atomic E-state index is 12.9. The molecule has 33 heavy (non-hydrogen) atoms. The Bertz CT molecular complexity index is 1030. The minimum absolute atomic E-state index is 0.0278. The van der Waals surface area contributed by atoms with E-state index >= 15 is 0 Å². The summed E-state index contributed by atoms with van der Waals surface area (Å²) in [6.45, 7) is 4.24. The molecule has 2 rings (SSSR count). The Hall–Kier alpha value is -2.67. The average Bonchev–Trinajstić information content (AvgIpc) is 2.79. The van der Waals surface area contributed by atoms with Crippen molar-refractivity contribution < 1.29 is 23.1 Å². The molecule has 0 unspecified atom stereocenters. The van der Waals surface area contributed by atoms with Crippen LogP contribution in [0.15, 0.2) is 42.5 Å². The van der Waals surface area contributed by atoms with E-state index < -0.39 is 16.0 Å². The molecular weight excluding hydrogens is 438 g/mol. The number of carboxylic acid groups (broad SMARTS) is 1. The SMILES string of the molecule is CCCCCCCCS(=O)(=O)Nc1ccc(C(=O)c2ccc(CCCC)cc2)cc1C(=O)O. The highest BCUT2D eigenvalue weighted by Gasteiger charge is 2.19. The van der Waals surface area contributed by atoms with Crippen molar-refractivity contribution in [1.29, 1.82) is 0 Å². The Kier molecular flexibility index (Phi) is 10.6. The van der Waals surface area contributed by atoms with Crippen LogP contribution in [0.4, 0.5) is 5.69 Å². The van der Waals surface area contributed by atoms with Crippen LogP contribution >= 0.6 is 0 Å². The van der Waals surface area contributed by atoms with E-state index in [9.17, 15) is 23.1 Å². The van der Waals surface area contributed by atoms with Crippen molar-refractivity contribution in [3.8, 4) is 0 Å². The predicted octanol–water partition coefficient (Wildman–Crippen LogP) is 6.06. The van der Waals surface area contributed by atoms with Crippen LogP contribution in [-0.4, -0.2) is 31.0 Å². The first-order valence-electron chi connectivity index (χ1n) is 11.8. The summed E-state index contributed by atoms with van der Waals surface area (Å²) in [5.74, 6) is -1.67. The van der Waals surface area contributed by atoms with Gasteiger partial charge in [0.25, 0.3) is 0 Å². The van der Waals surface area contributed by atoms with Gasteiger partial charge in [0.1, 0.15) is 0 Å². The molecular formula is C26H35NO5S. The summed E-state index contributed by atoms with van der Waals surface area (Å²) < 4.78 is 27.3. The number of hydrogen-bond acceptors (Lipinski definition) is 4. The summed E-state index contributed by atoms with van der Waals surface area (Å²) in [5.41, 5.74) is 1.54. The number of unbranched alkanes of at least 4 members (excludes halogenated alkanes) is 6. The van der Waals surface area contributed by atoms with Crippen LogP contribution in [-0.2, 0) is 16.4 Å². The van der Waals surface area contributed by atoms with E-state index in [4.69, 9.17) is 0 Å². The zero-order chi connectivity index (χ0) is 24.3. The molecule has 0 saturated heterocycles. The summed E-state index contributed by atoms with van der Waals surface area (Å²) in [7, 11) is -3.68. The molecule has 0 aliphatic carbocycles. The highest BCUT2D eigenvalue weighted by atomic mass is 32.2. The van der Waals surface area contributed by atoms with Crippen LogP contribution in [0.25, 0.3) is 0 Å². The third-order valence-corrected chi connectivity index (χ3v) is 6.94. The minimum atomic E-state index is -3.68. The summed E-state index contributed by atoms with van der Waals surface area (Å²) in [5, 5.41) is 9.61. The van der Waals surface area contributed by atoms with E-state index in [0.29, 0.717) is 12.0 Å². The van der Waals surface area contributed by atoms with Crippen molar-refractivity contribution in [2.24, 2.45) is 0 Å². The molecule has 7 heteroatoms. The van der Waals surface area contributed by atoms with Crippen LogP contribution in [0.2, 0.25) is 0 Å². The second-order valence-corrected chi connectivity index (χ2v) is 10.2. The Morgan fingerprint density at radius 3 is 2.06 bits per heavy atom. The highest BCUT2D eigenvalue weighted by molar-refractivity contribution is 7.92. The number of carbonyl (C=O) groups is 2. The second-order valence-electron chi connectivity index (χ2n) is 8.38. The smallest absolute Gasteiger partial charge is 0.337 e. The van der Waals surface area contributed by atoms with E-state index in [-0.39, 0.29) is 28.4 Å². The molecule has 0 amide bonds. The molecule has 2 aromatic carbocycles. The number of benzene rings is 2. The molecule has 6 nitrogen and oxygen atoms in total. The number of carbonyl (C=O) groups excluding carboxylic acids is 1. The van der Waals surface area contributed by atoms with E-state index in [1.54, 1.807) is 12.1 Å². The van der Waals surface area contributed by atoms with Crippen molar-refractivity contribution in [1.82, 2.24) is 0 Å². The first kappa shape index (κ1) is 26.6. The normalized spacial score (nSPS) is 11.3. The third kappa shape index (κ3) is 8.65. The van der Waals surface area contributed by atoms with E-state index in [0.717, 1.165) is 56.9 Å². The van der Waals surface area contributed by atoms with Crippen LogP contribution in [0.5, 0.6) is 0 Å². The molecule has 2 N–H and O–H groups in total.